The standard InChI is InChI=1S/C33H21NO4/c1-18-28(32(35)37-26-13-11-20-7-3-5-9-24(20)30(18)26)22-15-23(17-34-16-22)29-19(2)31-25-10-6-4-8-21(25)12-14-27(31)38-33(29)36/h3-17H,1-2H3. The first kappa shape index (κ1) is 22.2. The molecule has 7 aromatic rings. The molecule has 0 atom stereocenters. The number of pyridine rings is 1. The lowest BCUT2D eigenvalue weighted by molar-refractivity contribution is 0.562. The molecule has 5 nitrogen and oxygen atoms in total. The summed E-state index contributed by atoms with van der Waals surface area (Å²) in [4.78, 5) is 30.9. The Bertz CT molecular complexity index is 2050. The molecule has 0 amide bonds. The minimum Gasteiger partial charge on any atom is -0.422 e. The molecule has 0 unspecified atom stereocenters. The molecular weight excluding hydrogens is 474 g/mol. The molecule has 182 valence electrons. The Morgan fingerprint density at radius 3 is 1.50 bits per heavy atom. The van der Waals surface area contributed by atoms with Crippen LogP contribution >= 0.6 is 0 Å². The van der Waals surface area contributed by atoms with Gasteiger partial charge in [-0.25, -0.2) is 9.59 Å². The van der Waals surface area contributed by atoms with Crippen molar-refractivity contribution in [1.82, 2.24) is 4.98 Å². The van der Waals surface area contributed by atoms with Crippen molar-refractivity contribution in [1.29, 1.82) is 0 Å². The Hall–Kier alpha value is -5.03. The van der Waals surface area contributed by atoms with E-state index in [1.54, 1.807) is 12.4 Å². The monoisotopic (exact) mass is 495 g/mol. The molecule has 0 aliphatic heterocycles. The quantitative estimate of drug-likeness (QED) is 0.183. The number of nitrogens with zero attached hydrogens (tertiary/aromatic N) is 1. The second-order valence-electron chi connectivity index (χ2n) is 9.56. The molecule has 0 aliphatic rings. The van der Waals surface area contributed by atoms with Crippen molar-refractivity contribution in [2.24, 2.45) is 0 Å². The summed E-state index contributed by atoms with van der Waals surface area (Å²) in [6, 6.07) is 25.4. The summed E-state index contributed by atoms with van der Waals surface area (Å²) in [5.74, 6) is 0. The highest BCUT2D eigenvalue weighted by atomic mass is 16.4. The molecule has 0 fully saturated rings. The van der Waals surface area contributed by atoms with E-state index >= 15 is 0 Å². The number of fused-ring (bicyclic) bond motifs is 6. The van der Waals surface area contributed by atoms with E-state index in [9.17, 15) is 9.59 Å². The zero-order valence-electron chi connectivity index (χ0n) is 20.7. The first-order valence-corrected chi connectivity index (χ1v) is 12.4. The van der Waals surface area contributed by atoms with Crippen LogP contribution in [0.3, 0.4) is 0 Å². The molecule has 0 bridgehead atoms. The normalized spacial score (nSPS) is 11.6. The number of aryl methyl sites for hydroxylation is 2. The van der Waals surface area contributed by atoms with Gasteiger partial charge < -0.3 is 8.83 Å². The van der Waals surface area contributed by atoms with Crippen molar-refractivity contribution in [3.8, 4) is 22.3 Å². The smallest absolute Gasteiger partial charge is 0.344 e. The summed E-state index contributed by atoms with van der Waals surface area (Å²) in [7, 11) is 0. The number of hydrogen-bond donors (Lipinski definition) is 0. The Labute approximate surface area is 216 Å². The van der Waals surface area contributed by atoms with Gasteiger partial charge in [0.15, 0.2) is 0 Å². The van der Waals surface area contributed by atoms with Crippen LogP contribution in [0.1, 0.15) is 11.1 Å². The Morgan fingerprint density at radius 2 is 1.03 bits per heavy atom. The maximum absolute atomic E-state index is 13.2. The van der Waals surface area contributed by atoms with Gasteiger partial charge in [-0.2, -0.15) is 0 Å². The molecule has 7 rings (SSSR count). The topological polar surface area (TPSA) is 73.3 Å². The van der Waals surface area contributed by atoms with Gasteiger partial charge in [-0.1, -0.05) is 60.7 Å². The van der Waals surface area contributed by atoms with Crippen molar-refractivity contribution in [2.75, 3.05) is 0 Å². The van der Waals surface area contributed by atoms with E-state index in [-0.39, 0.29) is 0 Å². The van der Waals surface area contributed by atoms with Crippen LogP contribution in [0.25, 0.3) is 65.7 Å². The molecule has 0 saturated heterocycles. The highest BCUT2D eigenvalue weighted by Gasteiger charge is 2.19. The third-order valence-corrected chi connectivity index (χ3v) is 7.41. The van der Waals surface area contributed by atoms with Crippen molar-refractivity contribution in [3.05, 3.63) is 123 Å². The van der Waals surface area contributed by atoms with Crippen molar-refractivity contribution in [3.63, 3.8) is 0 Å². The van der Waals surface area contributed by atoms with Crippen LogP contribution in [0.5, 0.6) is 0 Å². The van der Waals surface area contributed by atoms with Crippen LogP contribution in [0.2, 0.25) is 0 Å². The summed E-state index contributed by atoms with van der Waals surface area (Å²) >= 11 is 0. The highest BCUT2D eigenvalue weighted by molar-refractivity contribution is 6.09. The van der Waals surface area contributed by atoms with Gasteiger partial charge in [-0.05, 0) is 64.7 Å². The van der Waals surface area contributed by atoms with Crippen molar-refractivity contribution < 1.29 is 8.83 Å². The van der Waals surface area contributed by atoms with E-state index in [4.69, 9.17) is 8.83 Å². The maximum atomic E-state index is 13.2. The summed E-state index contributed by atoms with van der Waals surface area (Å²) in [5.41, 5.74) is 3.82. The molecule has 0 N–H and O–H groups in total. The third kappa shape index (κ3) is 3.22. The van der Waals surface area contributed by atoms with Crippen molar-refractivity contribution in [2.45, 2.75) is 13.8 Å². The fourth-order valence-corrected chi connectivity index (χ4v) is 5.69. The largest absolute Gasteiger partial charge is 0.422 e. The van der Waals surface area contributed by atoms with Gasteiger partial charge in [0.05, 0.1) is 11.1 Å². The van der Waals surface area contributed by atoms with Gasteiger partial charge in [0, 0.05) is 34.3 Å². The SMILES string of the molecule is Cc1c(-c2cncc(-c3c(C)c4c(ccc5ccccc54)oc3=O)c2)c(=O)oc2ccc3ccccc3c12. The van der Waals surface area contributed by atoms with Crippen LogP contribution in [-0.4, -0.2) is 4.98 Å². The van der Waals surface area contributed by atoms with E-state index in [1.165, 1.54) is 0 Å². The van der Waals surface area contributed by atoms with Gasteiger partial charge in [0.2, 0.25) is 0 Å². The zero-order valence-corrected chi connectivity index (χ0v) is 20.7. The minimum absolute atomic E-state index is 0.427. The molecule has 3 aromatic heterocycles. The van der Waals surface area contributed by atoms with E-state index in [0.29, 0.717) is 33.4 Å². The number of hydrogen-bond acceptors (Lipinski definition) is 5. The van der Waals surface area contributed by atoms with E-state index in [1.807, 2.05) is 92.7 Å². The Balaban J connectivity index is 1.50. The summed E-state index contributed by atoms with van der Waals surface area (Å²) in [6.45, 7) is 3.85. The second kappa shape index (κ2) is 8.25. The number of rotatable bonds is 2. The van der Waals surface area contributed by atoms with E-state index in [2.05, 4.69) is 4.98 Å². The molecule has 38 heavy (non-hydrogen) atoms. The molecular formula is C33H21NO4. The minimum atomic E-state index is -0.447. The summed E-state index contributed by atoms with van der Waals surface area (Å²) in [6.07, 6.45) is 3.26. The van der Waals surface area contributed by atoms with Gasteiger partial charge >= 0.3 is 11.3 Å². The second-order valence-corrected chi connectivity index (χ2v) is 9.56. The molecule has 0 spiro atoms. The van der Waals surface area contributed by atoms with Gasteiger partial charge in [0.25, 0.3) is 0 Å². The fourth-order valence-electron chi connectivity index (χ4n) is 5.69. The van der Waals surface area contributed by atoms with Crippen molar-refractivity contribution >= 4 is 43.5 Å². The molecule has 4 aromatic carbocycles. The van der Waals surface area contributed by atoms with Gasteiger partial charge in [0.1, 0.15) is 11.2 Å². The lowest BCUT2D eigenvalue weighted by Crippen LogP contribution is -2.08. The van der Waals surface area contributed by atoms with Gasteiger partial charge in [-0.3, -0.25) is 4.98 Å². The lowest BCUT2D eigenvalue weighted by atomic mass is 9.94. The Kier molecular flexibility index (Phi) is 4.82. The van der Waals surface area contributed by atoms with Crippen LogP contribution in [0.15, 0.2) is 110 Å². The van der Waals surface area contributed by atoms with Crippen LogP contribution in [0, 0.1) is 13.8 Å². The maximum Gasteiger partial charge on any atom is 0.344 e. The average Bonchev–Trinajstić information content (AvgIpc) is 2.92. The van der Waals surface area contributed by atoms with E-state index < -0.39 is 11.3 Å². The van der Waals surface area contributed by atoms with Crippen LogP contribution in [-0.2, 0) is 0 Å². The summed E-state index contributed by atoms with van der Waals surface area (Å²) in [5, 5.41) is 5.91. The molecule has 3 heterocycles. The molecule has 0 radical (unpaired) electrons. The number of benzene rings is 4. The molecule has 5 heteroatoms. The van der Waals surface area contributed by atoms with E-state index in [0.717, 1.165) is 43.4 Å². The highest BCUT2D eigenvalue weighted by Crippen LogP contribution is 2.35. The number of aromatic nitrogens is 1. The first-order chi connectivity index (χ1) is 18.5. The van der Waals surface area contributed by atoms with Gasteiger partial charge in [-0.15, -0.1) is 0 Å². The van der Waals surface area contributed by atoms with Crippen LogP contribution in [0.4, 0.5) is 0 Å². The predicted molar refractivity (Wildman–Crippen MR) is 152 cm³/mol. The zero-order chi connectivity index (χ0) is 26.0. The summed E-state index contributed by atoms with van der Waals surface area (Å²) < 4.78 is 11.5. The lowest BCUT2D eigenvalue weighted by Gasteiger charge is -2.13. The first-order valence-electron chi connectivity index (χ1n) is 12.4. The average molecular weight is 496 g/mol. The molecule has 0 aliphatic carbocycles. The molecule has 0 saturated carbocycles. The third-order valence-electron chi connectivity index (χ3n) is 7.41. The van der Waals surface area contributed by atoms with Crippen LogP contribution < -0.4 is 11.3 Å². The fraction of sp³-hybridized carbons (Fsp3) is 0.0606. The predicted octanol–water partition coefficient (Wildman–Crippen LogP) is 7.55. The Morgan fingerprint density at radius 1 is 0.579 bits per heavy atom.